The predicted molar refractivity (Wildman–Crippen MR) is 136 cm³/mol. The highest BCUT2D eigenvalue weighted by Crippen LogP contribution is 2.29. The summed E-state index contributed by atoms with van der Waals surface area (Å²) in [4.78, 5) is 34.7. The molecule has 0 aliphatic rings. The molecule has 0 aliphatic heterocycles. The molecule has 3 aromatic carbocycles. The third-order valence-corrected chi connectivity index (χ3v) is 5.29. The third-order valence-electron chi connectivity index (χ3n) is 4.44. The molecule has 3 rings (SSSR count). The van der Waals surface area contributed by atoms with Crippen molar-refractivity contribution in [3.05, 3.63) is 91.4 Å². The Morgan fingerprint density at radius 1 is 1.06 bits per heavy atom. The van der Waals surface area contributed by atoms with Gasteiger partial charge in [0, 0.05) is 17.2 Å². The number of hydrogen-bond acceptors (Lipinski definition) is 8. The molecule has 0 spiro atoms. The first-order valence-corrected chi connectivity index (χ1v) is 11.6. The largest absolute Gasteiger partial charge is 0.490 e. The molecule has 0 saturated heterocycles. The number of carbonyl (C=O) groups is 2. The number of halogens is 2. The van der Waals surface area contributed by atoms with Gasteiger partial charge in [-0.05, 0) is 76.9 Å². The van der Waals surface area contributed by atoms with Crippen LogP contribution in [0.1, 0.15) is 22.8 Å². The fraction of sp³-hybridized carbons (Fsp3) is 0.125. The lowest BCUT2D eigenvalue weighted by molar-refractivity contribution is -0.384. The Hall–Kier alpha value is -3.96. The molecule has 186 valence electrons. The minimum atomic E-state index is -0.702. The predicted octanol–water partition coefficient (Wildman–Crippen LogP) is 5.16. The lowest BCUT2D eigenvalue weighted by Gasteiger charge is -2.11. The molecule has 0 bridgehead atoms. The van der Waals surface area contributed by atoms with Gasteiger partial charge in [-0.3, -0.25) is 14.9 Å². The number of hydrogen-bond donors (Lipinski definition) is 1. The molecule has 0 saturated carbocycles. The zero-order chi connectivity index (χ0) is 26.1. The molecular weight excluding hydrogens is 558 g/mol. The van der Waals surface area contributed by atoms with Gasteiger partial charge in [-0.25, -0.2) is 10.2 Å². The van der Waals surface area contributed by atoms with Gasteiger partial charge in [0.25, 0.3) is 11.6 Å². The number of esters is 1. The van der Waals surface area contributed by atoms with Crippen molar-refractivity contribution >= 4 is 51.3 Å². The van der Waals surface area contributed by atoms with Gasteiger partial charge in [-0.15, -0.1) is 0 Å². The Morgan fingerprint density at radius 2 is 1.78 bits per heavy atom. The summed E-state index contributed by atoms with van der Waals surface area (Å²) in [5.74, 6) is -0.292. The van der Waals surface area contributed by atoms with Crippen LogP contribution in [-0.2, 0) is 4.79 Å². The van der Waals surface area contributed by atoms with E-state index in [-0.39, 0.29) is 29.4 Å². The molecule has 0 aliphatic carbocycles. The van der Waals surface area contributed by atoms with E-state index in [0.29, 0.717) is 27.4 Å². The second-order valence-corrected chi connectivity index (χ2v) is 8.28. The Bertz CT molecular complexity index is 1300. The Kier molecular flexibility index (Phi) is 9.37. The molecule has 0 aromatic heterocycles. The van der Waals surface area contributed by atoms with Gasteiger partial charge < -0.3 is 14.2 Å². The number of hydrazone groups is 1. The number of nitrogens with one attached hydrogen (secondary N) is 1. The molecule has 1 N–H and O–H groups in total. The summed E-state index contributed by atoms with van der Waals surface area (Å²) in [6.07, 6.45) is 1.39. The summed E-state index contributed by atoms with van der Waals surface area (Å²) in [6, 6.07) is 14.7. The second kappa shape index (κ2) is 12.7. The van der Waals surface area contributed by atoms with Gasteiger partial charge in [0.1, 0.15) is 5.75 Å². The quantitative estimate of drug-likeness (QED) is 0.116. The Labute approximate surface area is 219 Å². The summed E-state index contributed by atoms with van der Waals surface area (Å²) < 4.78 is 17.0. The van der Waals surface area contributed by atoms with Crippen LogP contribution in [0.5, 0.6) is 17.2 Å². The number of ether oxygens (including phenoxy) is 3. The number of nitro groups is 1. The summed E-state index contributed by atoms with van der Waals surface area (Å²) in [6.45, 7) is 1.80. The van der Waals surface area contributed by atoms with Crippen molar-refractivity contribution in [1.29, 1.82) is 0 Å². The average molecular weight is 577 g/mol. The third kappa shape index (κ3) is 7.52. The first kappa shape index (κ1) is 26.6. The van der Waals surface area contributed by atoms with E-state index in [1.807, 2.05) is 0 Å². The highest BCUT2D eigenvalue weighted by atomic mass is 79.9. The van der Waals surface area contributed by atoms with E-state index in [1.165, 1.54) is 36.5 Å². The first-order valence-electron chi connectivity index (χ1n) is 10.4. The van der Waals surface area contributed by atoms with Gasteiger partial charge in [-0.1, -0.05) is 11.6 Å². The zero-order valence-electron chi connectivity index (χ0n) is 18.8. The van der Waals surface area contributed by atoms with Gasteiger partial charge in [-0.2, -0.15) is 5.10 Å². The van der Waals surface area contributed by atoms with Gasteiger partial charge in [0.05, 0.1) is 27.8 Å². The zero-order valence-corrected chi connectivity index (χ0v) is 21.1. The summed E-state index contributed by atoms with van der Waals surface area (Å²) in [5, 5.41) is 15.2. The van der Waals surface area contributed by atoms with E-state index in [9.17, 15) is 19.7 Å². The molecular formula is C24H19BrClN3O7. The normalized spacial score (nSPS) is 10.6. The van der Waals surface area contributed by atoms with Crippen molar-refractivity contribution < 1.29 is 28.7 Å². The molecule has 0 unspecified atom stereocenters. The maximum absolute atomic E-state index is 12.4. The highest BCUT2D eigenvalue weighted by Gasteiger charge is 2.15. The van der Waals surface area contributed by atoms with Gasteiger partial charge in [0.2, 0.25) is 0 Å². The Balaban J connectivity index is 1.60. The van der Waals surface area contributed by atoms with Crippen molar-refractivity contribution in [2.45, 2.75) is 6.92 Å². The lowest BCUT2D eigenvalue weighted by Crippen LogP contribution is -2.24. The number of carbonyl (C=O) groups excluding carboxylic acids is 2. The Morgan fingerprint density at radius 3 is 2.44 bits per heavy atom. The number of benzene rings is 3. The highest BCUT2D eigenvalue weighted by molar-refractivity contribution is 9.10. The van der Waals surface area contributed by atoms with Crippen LogP contribution in [0.2, 0.25) is 5.02 Å². The van der Waals surface area contributed by atoms with Gasteiger partial charge in [0.15, 0.2) is 18.1 Å². The van der Waals surface area contributed by atoms with Crippen LogP contribution in [0.15, 0.2) is 70.2 Å². The topological polar surface area (TPSA) is 129 Å². The van der Waals surface area contributed by atoms with Crippen molar-refractivity contribution in [2.75, 3.05) is 13.2 Å². The minimum absolute atomic E-state index is 0.137. The molecule has 12 heteroatoms. The molecule has 0 atom stereocenters. The minimum Gasteiger partial charge on any atom is -0.490 e. The number of amides is 1. The van der Waals surface area contributed by atoms with Crippen LogP contribution >= 0.6 is 27.5 Å². The van der Waals surface area contributed by atoms with Crippen molar-refractivity contribution in [1.82, 2.24) is 5.43 Å². The fourth-order valence-electron chi connectivity index (χ4n) is 2.78. The average Bonchev–Trinajstić information content (AvgIpc) is 2.85. The van der Waals surface area contributed by atoms with E-state index in [1.54, 1.807) is 37.3 Å². The molecule has 36 heavy (non-hydrogen) atoms. The first-order chi connectivity index (χ1) is 17.3. The summed E-state index contributed by atoms with van der Waals surface area (Å²) in [7, 11) is 0. The van der Waals surface area contributed by atoms with E-state index >= 15 is 0 Å². The fourth-order valence-corrected chi connectivity index (χ4v) is 3.58. The van der Waals surface area contributed by atoms with Crippen LogP contribution in [0, 0.1) is 10.1 Å². The van der Waals surface area contributed by atoms with Gasteiger partial charge >= 0.3 is 5.97 Å². The maximum atomic E-state index is 12.4. The van der Waals surface area contributed by atoms with Crippen LogP contribution in [0.4, 0.5) is 5.69 Å². The standard InChI is InChI=1S/C24H19BrClN3O7/c1-2-34-22-11-15(13-27-28-23(30)14-35-20-10-6-17(26)12-19(20)25)3-9-21(22)36-24(31)16-4-7-18(8-5-16)29(32)33/h3-13H,2,14H2,1H3,(H,28,30)/b27-13-. The van der Waals surface area contributed by atoms with Crippen molar-refractivity contribution in [3.8, 4) is 17.2 Å². The van der Waals surface area contributed by atoms with E-state index < -0.39 is 16.8 Å². The van der Waals surface area contributed by atoms with Crippen LogP contribution < -0.4 is 19.6 Å². The second-order valence-electron chi connectivity index (χ2n) is 6.99. The number of non-ortho nitro benzene ring substituents is 1. The molecule has 3 aromatic rings. The molecule has 10 nitrogen and oxygen atoms in total. The van der Waals surface area contributed by atoms with Crippen LogP contribution in [0.25, 0.3) is 0 Å². The van der Waals surface area contributed by atoms with Crippen LogP contribution in [0.3, 0.4) is 0 Å². The smallest absolute Gasteiger partial charge is 0.343 e. The number of nitrogens with zero attached hydrogens (tertiary/aromatic N) is 2. The van der Waals surface area contributed by atoms with E-state index in [0.717, 1.165) is 0 Å². The lowest BCUT2D eigenvalue weighted by atomic mass is 10.2. The molecule has 0 fully saturated rings. The maximum Gasteiger partial charge on any atom is 0.343 e. The summed E-state index contributed by atoms with van der Waals surface area (Å²) >= 11 is 9.18. The van der Waals surface area contributed by atoms with E-state index in [2.05, 4.69) is 26.5 Å². The van der Waals surface area contributed by atoms with Crippen LogP contribution in [-0.4, -0.2) is 36.2 Å². The van der Waals surface area contributed by atoms with Crippen molar-refractivity contribution in [2.24, 2.45) is 5.10 Å². The molecule has 1 amide bonds. The molecule has 0 radical (unpaired) electrons. The summed E-state index contributed by atoms with van der Waals surface area (Å²) in [5.41, 5.74) is 2.93. The van der Waals surface area contributed by atoms with E-state index in [4.69, 9.17) is 25.8 Å². The number of nitro benzene ring substituents is 1. The monoisotopic (exact) mass is 575 g/mol. The van der Waals surface area contributed by atoms with Crippen molar-refractivity contribution in [3.63, 3.8) is 0 Å². The SMILES string of the molecule is CCOc1cc(/C=N\NC(=O)COc2ccc(Cl)cc2Br)ccc1OC(=O)c1ccc([N+](=O)[O-])cc1. The molecule has 0 heterocycles. The number of rotatable bonds is 10.